The number of nitrogens with one attached hydrogen (secondary N) is 1. The lowest BCUT2D eigenvalue weighted by molar-refractivity contribution is -0.123. The van der Waals surface area contributed by atoms with Crippen LogP contribution in [0, 0.1) is 0 Å². The summed E-state index contributed by atoms with van der Waals surface area (Å²) >= 11 is 5.72. The first-order chi connectivity index (χ1) is 12.2. The zero-order chi connectivity index (χ0) is 19.3. The molecule has 1 aromatic heterocycles. The van der Waals surface area contributed by atoms with E-state index in [9.17, 15) is 18.0 Å². The predicted molar refractivity (Wildman–Crippen MR) is 96.9 cm³/mol. The van der Waals surface area contributed by atoms with Crippen LogP contribution in [0.25, 0.3) is 0 Å². The summed E-state index contributed by atoms with van der Waals surface area (Å²) in [6.45, 7) is 2.85. The first kappa shape index (κ1) is 19.9. The first-order valence-electron chi connectivity index (χ1n) is 7.69. The van der Waals surface area contributed by atoms with Crippen molar-refractivity contribution in [1.29, 1.82) is 0 Å². The Balaban J connectivity index is 2.12. The summed E-state index contributed by atoms with van der Waals surface area (Å²) in [5.74, 6) is -1.42. The van der Waals surface area contributed by atoms with Gasteiger partial charge in [0.1, 0.15) is 5.82 Å². The maximum atomic E-state index is 12.3. The average Bonchev–Trinajstić information content (AvgIpc) is 2.63. The van der Waals surface area contributed by atoms with Gasteiger partial charge in [-0.2, -0.15) is 0 Å². The van der Waals surface area contributed by atoms with Gasteiger partial charge in [0.15, 0.2) is 15.9 Å². The van der Waals surface area contributed by atoms with Gasteiger partial charge in [-0.15, -0.1) is 0 Å². The molecule has 0 saturated heterocycles. The number of amides is 1. The van der Waals surface area contributed by atoms with Crippen LogP contribution in [0.4, 0.5) is 5.82 Å². The summed E-state index contributed by atoms with van der Waals surface area (Å²) in [5, 5.41) is 2.89. The number of nitrogens with zero attached hydrogens (tertiary/aromatic N) is 1. The van der Waals surface area contributed by atoms with Gasteiger partial charge in [0.2, 0.25) is 0 Å². The van der Waals surface area contributed by atoms with E-state index in [1.807, 2.05) is 0 Å². The molecule has 0 fully saturated rings. The molecule has 2 aromatic rings. The SMILES string of the molecule is CCS(=O)(=O)c1ccccc1C(=O)O[C@H](C)C(=O)Nc1ccc(Cl)cn1. The highest BCUT2D eigenvalue weighted by Crippen LogP contribution is 2.19. The first-order valence-corrected chi connectivity index (χ1v) is 9.73. The molecule has 0 aliphatic carbocycles. The molecule has 0 unspecified atom stereocenters. The van der Waals surface area contributed by atoms with E-state index in [4.69, 9.17) is 16.3 Å². The number of hydrogen-bond acceptors (Lipinski definition) is 6. The maximum absolute atomic E-state index is 12.3. The fourth-order valence-corrected chi connectivity index (χ4v) is 3.21. The third-order valence-electron chi connectivity index (χ3n) is 3.45. The summed E-state index contributed by atoms with van der Waals surface area (Å²) in [4.78, 5) is 28.2. The second kappa shape index (κ2) is 8.29. The number of ether oxygens (including phenoxy) is 1. The molecule has 1 aromatic carbocycles. The monoisotopic (exact) mass is 396 g/mol. The third-order valence-corrected chi connectivity index (χ3v) is 5.46. The van der Waals surface area contributed by atoms with Crippen molar-refractivity contribution in [2.45, 2.75) is 24.8 Å². The molecule has 2 rings (SSSR count). The van der Waals surface area contributed by atoms with Crippen LogP contribution in [0.1, 0.15) is 24.2 Å². The van der Waals surface area contributed by atoms with Crippen molar-refractivity contribution in [2.24, 2.45) is 0 Å². The quantitative estimate of drug-likeness (QED) is 0.753. The zero-order valence-electron chi connectivity index (χ0n) is 14.1. The number of rotatable bonds is 6. The molecular weight excluding hydrogens is 380 g/mol. The molecular formula is C17H17ClN2O5S. The average molecular weight is 397 g/mol. The largest absolute Gasteiger partial charge is 0.449 e. The molecule has 7 nitrogen and oxygen atoms in total. The molecule has 9 heteroatoms. The second-order valence-electron chi connectivity index (χ2n) is 5.30. The standard InChI is InChI=1S/C17H17ClN2O5S/c1-3-26(23,24)14-7-5-4-6-13(14)17(22)25-11(2)16(21)20-15-9-8-12(18)10-19-15/h4-11H,3H2,1-2H3,(H,19,20,21)/t11-/m1/s1. The van der Waals surface area contributed by atoms with E-state index in [1.165, 1.54) is 50.4 Å². The van der Waals surface area contributed by atoms with E-state index < -0.39 is 27.8 Å². The summed E-state index contributed by atoms with van der Waals surface area (Å²) in [7, 11) is -3.61. The number of hydrogen-bond donors (Lipinski definition) is 1. The minimum atomic E-state index is -3.61. The van der Waals surface area contributed by atoms with Crippen molar-refractivity contribution >= 4 is 39.1 Å². The highest BCUT2D eigenvalue weighted by Gasteiger charge is 2.25. The smallest absolute Gasteiger partial charge is 0.340 e. The number of benzene rings is 1. The van der Waals surface area contributed by atoms with Crippen LogP contribution in [0.3, 0.4) is 0 Å². The van der Waals surface area contributed by atoms with E-state index in [0.29, 0.717) is 5.02 Å². The molecule has 1 heterocycles. The van der Waals surface area contributed by atoms with Gasteiger partial charge in [-0.05, 0) is 31.2 Å². The highest BCUT2D eigenvalue weighted by atomic mass is 35.5. The molecule has 138 valence electrons. The number of anilines is 1. The van der Waals surface area contributed by atoms with E-state index >= 15 is 0 Å². The molecule has 26 heavy (non-hydrogen) atoms. The Bertz CT molecular complexity index is 913. The van der Waals surface area contributed by atoms with E-state index in [2.05, 4.69) is 10.3 Å². The van der Waals surface area contributed by atoms with Crippen molar-refractivity contribution in [3.63, 3.8) is 0 Å². The predicted octanol–water partition coefficient (Wildman–Crippen LogP) is 2.71. The van der Waals surface area contributed by atoms with Gasteiger partial charge in [-0.3, -0.25) is 4.79 Å². The number of aromatic nitrogens is 1. The zero-order valence-corrected chi connectivity index (χ0v) is 15.7. The van der Waals surface area contributed by atoms with Crippen LogP contribution in [-0.4, -0.2) is 37.1 Å². The van der Waals surface area contributed by atoms with Gasteiger partial charge < -0.3 is 10.1 Å². The number of esters is 1. The Hall–Kier alpha value is -2.45. The molecule has 0 spiro atoms. The molecule has 1 N–H and O–H groups in total. The number of halogens is 1. The topological polar surface area (TPSA) is 102 Å². The maximum Gasteiger partial charge on any atom is 0.340 e. The Morgan fingerprint density at radius 1 is 1.23 bits per heavy atom. The van der Waals surface area contributed by atoms with Gasteiger partial charge in [-0.25, -0.2) is 18.2 Å². The normalized spacial score (nSPS) is 12.3. The fourth-order valence-electron chi connectivity index (χ4n) is 2.02. The Morgan fingerprint density at radius 3 is 2.54 bits per heavy atom. The Kier molecular flexibility index (Phi) is 6.33. The molecule has 0 aliphatic heterocycles. The van der Waals surface area contributed by atoms with Crippen molar-refractivity contribution in [3.05, 3.63) is 53.2 Å². The van der Waals surface area contributed by atoms with E-state index in [-0.39, 0.29) is 22.0 Å². The molecule has 0 saturated carbocycles. The summed E-state index contributed by atoms with van der Waals surface area (Å²) in [5.41, 5.74) is -0.112. The van der Waals surface area contributed by atoms with Gasteiger partial charge in [0.25, 0.3) is 5.91 Å². The van der Waals surface area contributed by atoms with Crippen molar-refractivity contribution in [1.82, 2.24) is 4.98 Å². The van der Waals surface area contributed by atoms with Crippen LogP contribution in [0.5, 0.6) is 0 Å². The van der Waals surface area contributed by atoms with Gasteiger partial charge in [0.05, 0.1) is 21.2 Å². The summed E-state index contributed by atoms with van der Waals surface area (Å²) < 4.78 is 29.3. The third kappa shape index (κ3) is 4.80. The number of carbonyl (C=O) groups is 2. The molecule has 0 aliphatic rings. The van der Waals surface area contributed by atoms with Crippen LogP contribution in [0.2, 0.25) is 5.02 Å². The van der Waals surface area contributed by atoms with Crippen molar-refractivity contribution in [2.75, 3.05) is 11.1 Å². The second-order valence-corrected chi connectivity index (χ2v) is 7.98. The lowest BCUT2D eigenvalue weighted by Crippen LogP contribution is -2.30. The molecule has 0 radical (unpaired) electrons. The minimum Gasteiger partial charge on any atom is -0.449 e. The van der Waals surface area contributed by atoms with E-state index in [1.54, 1.807) is 6.07 Å². The lowest BCUT2D eigenvalue weighted by atomic mass is 10.2. The Labute approximate surface area is 156 Å². The van der Waals surface area contributed by atoms with Crippen molar-refractivity contribution < 1.29 is 22.7 Å². The van der Waals surface area contributed by atoms with Crippen LogP contribution in [0.15, 0.2) is 47.5 Å². The minimum absolute atomic E-state index is 0.112. The van der Waals surface area contributed by atoms with Gasteiger partial charge >= 0.3 is 5.97 Å². The molecule has 1 amide bonds. The van der Waals surface area contributed by atoms with Crippen LogP contribution in [-0.2, 0) is 19.4 Å². The van der Waals surface area contributed by atoms with E-state index in [0.717, 1.165) is 0 Å². The van der Waals surface area contributed by atoms with Gasteiger partial charge in [-0.1, -0.05) is 30.7 Å². The van der Waals surface area contributed by atoms with Crippen LogP contribution < -0.4 is 5.32 Å². The lowest BCUT2D eigenvalue weighted by Gasteiger charge is -2.14. The molecule has 1 atom stereocenters. The summed E-state index contributed by atoms with van der Waals surface area (Å²) in [6, 6.07) is 8.76. The van der Waals surface area contributed by atoms with Crippen LogP contribution >= 0.6 is 11.6 Å². The fraction of sp³-hybridized carbons (Fsp3) is 0.235. The van der Waals surface area contributed by atoms with Gasteiger partial charge in [0, 0.05) is 6.20 Å². The highest BCUT2D eigenvalue weighted by molar-refractivity contribution is 7.91. The van der Waals surface area contributed by atoms with Crippen molar-refractivity contribution in [3.8, 4) is 0 Å². The summed E-state index contributed by atoms with van der Waals surface area (Å²) in [6.07, 6.45) is 0.206. The number of pyridine rings is 1. The Morgan fingerprint density at radius 2 is 1.92 bits per heavy atom. The molecule has 0 bridgehead atoms. The number of sulfone groups is 1. The number of carbonyl (C=O) groups excluding carboxylic acids is 2.